The number of furan rings is 1. The molecule has 7 aromatic carbocycles. The Balaban J connectivity index is 1.56. The van der Waals surface area contributed by atoms with E-state index in [4.69, 9.17) is 9.90 Å². The molecule has 0 bridgehead atoms. The smallest absolute Gasteiger partial charge is 0.135 e. The third-order valence-corrected chi connectivity index (χ3v) is 9.08. The van der Waals surface area contributed by atoms with Crippen LogP contribution in [-0.2, 0) is 5.41 Å². The first-order chi connectivity index (χ1) is 23.9. The molecular formula is C41H28O2. The van der Waals surface area contributed by atoms with Gasteiger partial charge in [0.05, 0.1) is 9.60 Å². The van der Waals surface area contributed by atoms with Gasteiger partial charge in [-0.15, -0.1) is 0 Å². The standard InChI is InChI=1S/C41H28O2/c1-41(2)32-17-7-5-14-28(32)39-29(15-9-18-33(39)41)38-27-13-4-3-12-26(27)37(40-30(38)16-10-19-34(40)42)24-21-22-36-31(23-24)25-11-6-8-20-35(25)43-36/h3-23,42H,1-2H3/i3D,4D,10D,12D,13D,16D,19D. The van der Waals surface area contributed by atoms with Crippen LogP contribution in [0.4, 0.5) is 0 Å². The number of aromatic hydroxyl groups is 1. The van der Waals surface area contributed by atoms with Gasteiger partial charge in [-0.2, -0.15) is 0 Å². The molecule has 43 heavy (non-hydrogen) atoms. The second kappa shape index (κ2) is 8.59. The van der Waals surface area contributed by atoms with Gasteiger partial charge in [0.1, 0.15) is 16.9 Å². The van der Waals surface area contributed by atoms with Crippen LogP contribution in [0.15, 0.2) is 132 Å². The molecule has 0 radical (unpaired) electrons. The molecule has 0 fully saturated rings. The lowest BCUT2D eigenvalue weighted by atomic mass is 9.80. The Bertz CT molecular complexity index is 2750. The van der Waals surface area contributed by atoms with Crippen LogP contribution in [0.25, 0.3) is 76.9 Å². The molecule has 0 aliphatic heterocycles. The number of hydrogen-bond donors (Lipinski definition) is 1. The number of para-hydroxylation sites is 1. The van der Waals surface area contributed by atoms with Crippen LogP contribution >= 0.6 is 0 Å². The number of benzene rings is 7. The molecule has 8 aromatic rings. The lowest BCUT2D eigenvalue weighted by Crippen LogP contribution is -2.14. The summed E-state index contributed by atoms with van der Waals surface area (Å²) in [6.07, 6.45) is 0. The quantitative estimate of drug-likeness (QED) is 0.214. The van der Waals surface area contributed by atoms with Crippen LogP contribution in [0.3, 0.4) is 0 Å². The fourth-order valence-electron chi connectivity index (χ4n) is 7.17. The Morgan fingerprint density at radius 2 is 1.28 bits per heavy atom. The van der Waals surface area contributed by atoms with Gasteiger partial charge in [-0.3, -0.25) is 0 Å². The molecule has 1 aliphatic carbocycles. The predicted octanol–water partition coefficient (Wildman–Crippen LogP) is 11.2. The largest absolute Gasteiger partial charge is 0.507 e. The first-order valence-corrected chi connectivity index (χ1v) is 14.3. The van der Waals surface area contributed by atoms with Gasteiger partial charge in [-0.05, 0) is 79.3 Å². The number of phenols is 1. The predicted molar refractivity (Wildman–Crippen MR) is 179 cm³/mol. The number of rotatable bonds is 2. The highest BCUT2D eigenvalue weighted by atomic mass is 16.3. The van der Waals surface area contributed by atoms with E-state index in [2.05, 4.69) is 19.9 Å². The molecule has 204 valence electrons. The van der Waals surface area contributed by atoms with Gasteiger partial charge in [0.25, 0.3) is 0 Å². The molecule has 0 amide bonds. The maximum Gasteiger partial charge on any atom is 0.135 e. The van der Waals surface area contributed by atoms with Gasteiger partial charge in [0.2, 0.25) is 0 Å². The number of fused-ring (bicyclic) bond motifs is 8. The summed E-state index contributed by atoms with van der Waals surface area (Å²) < 4.78 is 69.3. The Hall–Kier alpha value is -5.34. The molecule has 1 aliphatic rings. The lowest BCUT2D eigenvalue weighted by Gasteiger charge is -2.23. The van der Waals surface area contributed by atoms with Crippen LogP contribution in [0.5, 0.6) is 5.75 Å². The number of phenolic OH excluding ortho intramolecular Hbond substituents is 1. The molecular weight excluding hydrogens is 524 g/mol. The van der Waals surface area contributed by atoms with E-state index in [0.717, 1.165) is 33.0 Å². The normalized spacial score (nSPS) is 15.9. The highest BCUT2D eigenvalue weighted by molar-refractivity contribution is 6.24. The van der Waals surface area contributed by atoms with E-state index < -0.39 is 35.3 Å². The summed E-state index contributed by atoms with van der Waals surface area (Å²) in [6.45, 7) is 4.27. The van der Waals surface area contributed by atoms with Gasteiger partial charge in [0.15, 0.2) is 0 Å². The van der Waals surface area contributed by atoms with Crippen LogP contribution in [0.2, 0.25) is 0 Å². The summed E-state index contributed by atoms with van der Waals surface area (Å²) in [4.78, 5) is 0. The van der Waals surface area contributed by atoms with E-state index in [0.29, 0.717) is 27.9 Å². The molecule has 0 saturated heterocycles. The van der Waals surface area contributed by atoms with Crippen molar-refractivity contribution in [2.75, 3.05) is 0 Å². The van der Waals surface area contributed by atoms with Crippen molar-refractivity contribution in [3.63, 3.8) is 0 Å². The summed E-state index contributed by atoms with van der Waals surface area (Å²) in [5, 5.41) is 14.1. The van der Waals surface area contributed by atoms with Crippen molar-refractivity contribution in [2.45, 2.75) is 19.3 Å². The molecule has 1 N–H and O–H groups in total. The molecule has 2 nitrogen and oxygen atoms in total. The van der Waals surface area contributed by atoms with Crippen molar-refractivity contribution >= 4 is 43.5 Å². The average Bonchev–Trinajstić information content (AvgIpc) is 3.61. The minimum Gasteiger partial charge on any atom is -0.507 e. The molecule has 1 heterocycles. The summed E-state index contributed by atoms with van der Waals surface area (Å²) >= 11 is 0. The zero-order valence-electron chi connectivity index (χ0n) is 30.4. The molecule has 0 atom stereocenters. The summed E-state index contributed by atoms with van der Waals surface area (Å²) in [7, 11) is 0. The van der Waals surface area contributed by atoms with Gasteiger partial charge in [0, 0.05) is 27.1 Å². The van der Waals surface area contributed by atoms with E-state index in [9.17, 15) is 9.22 Å². The van der Waals surface area contributed by atoms with Crippen molar-refractivity contribution in [1.82, 2.24) is 0 Å². The van der Waals surface area contributed by atoms with E-state index in [1.165, 1.54) is 0 Å². The summed E-state index contributed by atoms with van der Waals surface area (Å²) in [5.41, 5.74) is 6.53. The van der Waals surface area contributed by atoms with Gasteiger partial charge < -0.3 is 9.52 Å². The molecule has 0 unspecified atom stereocenters. The summed E-state index contributed by atoms with van der Waals surface area (Å²) in [5.74, 6) is -0.531. The first-order valence-electron chi connectivity index (χ1n) is 17.8. The van der Waals surface area contributed by atoms with Crippen LogP contribution in [0, 0.1) is 0 Å². The SMILES string of the molecule is [2H]c1c([2H])c([2H])c2c(-c3ccc4oc5ccccc5c4c3)c3c(O)c([2H])c([2H])c([2H])c3c(-c3cccc4c3-c3ccccc3C4(C)C)c2c1[2H]. The zero-order chi connectivity index (χ0) is 35.0. The molecule has 0 saturated carbocycles. The Labute approximate surface area is 259 Å². The molecule has 0 spiro atoms. The Kier molecular flexibility index (Phi) is 3.65. The van der Waals surface area contributed by atoms with Gasteiger partial charge >= 0.3 is 0 Å². The molecule has 2 heteroatoms. The highest BCUT2D eigenvalue weighted by Gasteiger charge is 2.37. The van der Waals surface area contributed by atoms with Crippen molar-refractivity contribution in [2.24, 2.45) is 0 Å². The van der Waals surface area contributed by atoms with E-state index in [1.54, 1.807) is 12.1 Å². The second-order valence-electron chi connectivity index (χ2n) is 11.7. The van der Waals surface area contributed by atoms with Crippen LogP contribution < -0.4 is 0 Å². The Morgan fingerprint density at radius 3 is 2.16 bits per heavy atom. The lowest BCUT2D eigenvalue weighted by molar-refractivity contribution is 0.482. The average molecular weight is 560 g/mol. The zero-order valence-corrected chi connectivity index (χ0v) is 23.4. The van der Waals surface area contributed by atoms with E-state index in [-0.39, 0.29) is 45.2 Å². The van der Waals surface area contributed by atoms with Crippen LogP contribution in [0.1, 0.15) is 34.6 Å². The van der Waals surface area contributed by atoms with Crippen molar-refractivity contribution in [3.05, 3.63) is 138 Å². The van der Waals surface area contributed by atoms with Gasteiger partial charge in [-0.1, -0.05) is 117 Å². The fraction of sp³-hybridized carbons (Fsp3) is 0.0732. The fourth-order valence-corrected chi connectivity index (χ4v) is 7.17. The van der Waals surface area contributed by atoms with E-state index >= 15 is 0 Å². The molecule has 9 rings (SSSR count). The third kappa shape index (κ3) is 3.24. The maximum atomic E-state index is 11.9. The Morgan fingerprint density at radius 1 is 0.581 bits per heavy atom. The van der Waals surface area contributed by atoms with Crippen molar-refractivity contribution < 1.29 is 19.1 Å². The topological polar surface area (TPSA) is 33.4 Å². The van der Waals surface area contributed by atoms with E-state index in [1.807, 2.05) is 66.7 Å². The molecule has 1 aromatic heterocycles. The summed E-state index contributed by atoms with van der Waals surface area (Å²) in [6, 6.07) is 24.1. The van der Waals surface area contributed by atoms with Crippen LogP contribution in [-0.4, -0.2) is 5.11 Å². The minimum absolute atomic E-state index is 0.0822. The first kappa shape index (κ1) is 18.3. The second-order valence-corrected chi connectivity index (χ2v) is 11.7. The number of hydrogen-bond acceptors (Lipinski definition) is 2. The maximum absolute atomic E-state index is 11.9. The van der Waals surface area contributed by atoms with Gasteiger partial charge in [-0.25, -0.2) is 0 Å². The minimum atomic E-state index is -0.533. The third-order valence-electron chi connectivity index (χ3n) is 9.08. The van der Waals surface area contributed by atoms with Crippen molar-refractivity contribution in [3.8, 4) is 39.1 Å². The highest BCUT2D eigenvalue weighted by Crippen LogP contribution is 2.55. The monoisotopic (exact) mass is 559 g/mol. The van der Waals surface area contributed by atoms with Crippen molar-refractivity contribution in [1.29, 1.82) is 0 Å².